The quantitative estimate of drug-likeness (QED) is 0.286. The van der Waals surface area contributed by atoms with E-state index in [2.05, 4.69) is 28.2 Å². The van der Waals surface area contributed by atoms with Gasteiger partial charge in [-0.2, -0.15) is 5.26 Å². The van der Waals surface area contributed by atoms with Crippen LogP contribution in [0.3, 0.4) is 0 Å². The van der Waals surface area contributed by atoms with Gasteiger partial charge in [0.1, 0.15) is 16.8 Å². The average Bonchev–Trinajstić information content (AvgIpc) is 3.41. The van der Waals surface area contributed by atoms with Crippen LogP contribution in [0, 0.1) is 18.3 Å². The van der Waals surface area contributed by atoms with E-state index < -0.39 is 5.25 Å². The van der Waals surface area contributed by atoms with Crippen LogP contribution in [-0.4, -0.2) is 25.9 Å². The van der Waals surface area contributed by atoms with Gasteiger partial charge in [0.05, 0.1) is 22.6 Å². The predicted octanol–water partition coefficient (Wildman–Crippen LogP) is 5.35. The molecular formula is C23H25N5O2S2. The molecule has 1 N–H and O–H groups in total. The lowest BCUT2D eigenvalue weighted by Crippen LogP contribution is -2.23. The van der Waals surface area contributed by atoms with Crippen molar-refractivity contribution in [2.24, 2.45) is 0 Å². The van der Waals surface area contributed by atoms with Crippen LogP contribution in [0.4, 0.5) is 5.00 Å². The minimum absolute atomic E-state index is 0.155. The number of allylic oxidation sites excluding steroid dienone is 1. The maximum absolute atomic E-state index is 13.0. The molecule has 3 heterocycles. The summed E-state index contributed by atoms with van der Waals surface area (Å²) in [5.74, 6) is 1.28. The second-order valence-electron chi connectivity index (χ2n) is 7.73. The van der Waals surface area contributed by atoms with E-state index in [1.54, 1.807) is 23.7 Å². The van der Waals surface area contributed by atoms with Crippen LogP contribution in [0.25, 0.3) is 11.4 Å². The molecule has 1 atom stereocenters. The largest absolute Gasteiger partial charge is 0.469 e. The minimum atomic E-state index is -0.422. The highest BCUT2D eigenvalue weighted by Gasteiger charge is 2.25. The zero-order valence-electron chi connectivity index (χ0n) is 18.2. The smallest absolute Gasteiger partial charge is 0.238 e. The Labute approximate surface area is 195 Å². The molecule has 0 aliphatic heterocycles. The van der Waals surface area contributed by atoms with Crippen molar-refractivity contribution < 1.29 is 9.21 Å². The average molecular weight is 468 g/mol. The SMILES string of the molecule is C=CCn1c(SC(C)C(=O)Nc2sc3c(c2C#N)CCCCC3)nnc1-c1ccoc1C. The summed E-state index contributed by atoms with van der Waals surface area (Å²) in [6, 6.07) is 4.17. The third kappa shape index (κ3) is 4.38. The van der Waals surface area contributed by atoms with Gasteiger partial charge < -0.3 is 9.73 Å². The standard InChI is InChI=1S/C23H25N5O2S2/c1-4-11-28-20(16-10-12-30-14(16)2)26-27-23(28)31-15(3)21(29)25-22-18(13-24)17-8-6-5-7-9-19(17)32-22/h4,10,12,15H,1,5-9,11H2,2-3H3,(H,25,29). The van der Waals surface area contributed by atoms with E-state index in [0.29, 0.717) is 28.1 Å². The number of carbonyl (C=O) groups excluding carboxylic acids is 1. The molecule has 9 heteroatoms. The van der Waals surface area contributed by atoms with Crippen LogP contribution >= 0.6 is 23.1 Å². The molecule has 1 amide bonds. The third-order valence-corrected chi connectivity index (χ3v) is 7.84. The van der Waals surface area contributed by atoms with Crippen molar-refractivity contribution in [2.75, 3.05) is 5.32 Å². The van der Waals surface area contributed by atoms with Gasteiger partial charge in [-0.05, 0) is 51.2 Å². The number of furan rings is 1. The summed E-state index contributed by atoms with van der Waals surface area (Å²) < 4.78 is 7.33. The number of thioether (sulfide) groups is 1. The Kier molecular flexibility index (Phi) is 6.82. The fourth-order valence-corrected chi connectivity index (χ4v) is 5.96. The molecule has 0 fully saturated rings. The lowest BCUT2D eigenvalue weighted by molar-refractivity contribution is -0.115. The number of hydrogen-bond donors (Lipinski definition) is 1. The lowest BCUT2D eigenvalue weighted by atomic mass is 10.1. The van der Waals surface area contributed by atoms with Crippen molar-refractivity contribution in [1.82, 2.24) is 14.8 Å². The minimum Gasteiger partial charge on any atom is -0.469 e. The zero-order chi connectivity index (χ0) is 22.7. The van der Waals surface area contributed by atoms with E-state index in [9.17, 15) is 10.1 Å². The fraction of sp³-hybridized carbons (Fsp3) is 0.391. The molecule has 3 aromatic heterocycles. The number of carbonyl (C=O) groups is 1. The molecule has 32 heavy (non-hydrogen) atoms. The van der Waals surface area contributed by atoms with Crippen LogP contribution in [0.15, 0.2) is 34.6 Å². The molecule has 1 aliphatic rings. The van der Waals surface area contributed by atoms with Crippen LogP contribution in [0.1, 0.15) is 48.0 Å². The molecule has 7 nitrogen and oxygen atoms in total. The summed E-state index contributed by atoms with van der Waals surface area (Å²) in [5, 5.41) is 22.2. The van der Waals surface area contributed by atoms with Gasteiger partial charge in [0.15, 0.2) is 11.0 Å². The Morgan fingerprint density at radius 1 is 1.44 bits per heavy atom. The van der Waals surface area contributed by atoms with Crippen molar-refractivity contribution in [3.8, 4) is 17.5 Å². The normalized spacial score (nSPS) is 14.3. The maximum Gasteiger partial charge on any atom is 0.238 e. The molecule has 0 aromatic carbocycles. The number of hydrogen-bond acceptors (Lipinski definition) is 7. The van der Waals surface area contributed by atoms with Crippen LogP contribution in [0.2, 0.25) is 0 Å². The fourth-order valence-electron chi connectivity index (χ4n) is 3.86. The van der Waals surface area contributed by atoms with E-state index in [-0.39, 0.29) is 5.91 Å². The first kappa shape index (κ1) is 22.4. The number of anilines is 1. The first-order valence-electron chi connectivity index (χ1n) is 10.6. The van der Waals surface area contributed by atoms with Gasteiger partial charge in [0.25, 0.3) is 0 Å². The molecule has 3 aromatic rings. The number of aromatic nitrogens is 3. The topological polar surface area (TPSA) is 96.7 Å². The molecule has 0 radical (unpaired) electrons. The van der Waals surface area contributed by atoms with Crippen LogP contribution in [-0.2, 0) is 24.2 Å². The number of aryl methyl sites for hydroxylation is 2. The predicted molar refractivity (Wildman–Crippen MR) is 127 cm³/mol. The highest BCUT2D eigenvalue weighted by molar-refractivity contribution is 8.00. The Bertz CT molecular complexity index is 1180. The Hall–Kier alpha value is -2.83. The Balaban J connectivity index is 1.53. The number of nitrogens with one attached hydrogen (secondary N) is 1. The first-order chi connectivity index (χ1) is 15.5. The molecule has 0 saturated carbocycles. The van der Waals surface area contributed by atoms with Crippen molar-refractivity contribution in [2.45, 2.75) is 62.9 Å². The van der Waals surface area contributed by atoms with Crippen LogP contribution in [0.5, 0.6) is 0 Å². The third-order valence-electron chi connectivity index (χ3n) is 5.55. The highest BCUT2D eigenvalue weighted by Crippen LogP contribution is 2.37. The van der Waals surface area contributed by atoms with Gasteiger partial charge in [-0.3, -0.25) is 9.36 Å². The second kappa shape index (κ2) is 9.76. The highest BCUT2D eigenvalue weighted by atomic mass is 32.2. The monoisotopic (exact) mass is 467 g/mol. The van der Waals surface area contributed by atoms with E-state index in [4.69, 9.17) is 4.42 Å². The summed E-state index contributed by atoms with van der Waals surface area (Å²) in [7, 11) is 0. The van der Waals surface area contributed by atoms with Crippen molar-refractivity contribution in [3.63, 3.8) is 0 Å². The van der Waals surface area contributed by atoms with E-state index in [0.717, 1.165) is 42.6 Å². The molecular weight excluding hydrogens is 442 g/mol. The summed E-state index contributed by atoms with van der Waals surface area (Å²) in [6.45, 7) is 8.05. The zero-order valence-corrected chi connectivity index (χ0v) is 19.8. The lowest BCUT2D eigenvalue weighted by Gasteiger charge is -2.12. The Morgan fingerprint density at radius 2 is 2.25 bits per heavy atom. The molecule has 1 aliphatic carbocycles. The van der Waals surface area contributed by atoms with E-state index >= 15 is 0 Å². The van der Waals surface area contributed by atoms with Crippen molar-refractivity contribution >= 4 is 34.0 Å². The van der Waals surface area contributed by atoms with Gasteiger partial charge >= 0.3 is 0 Å². The molecule has 0 saturated heterocycles. The molecule has 0 bridgehead atoms. The number of nitrogens with zero attached hydrogens (tertiary/aromatic N) is 4. The summed E-state index contributed by atoms with van der Waals surface area (Å²) in [5.41, 5.74) is 2.61. The van der Waals surface area contributed by atoms with Gasteiger partial charge in [0.2, 0.25) is 5.91 Å². The number of fused-ring (bicyclic) bond motifs is 1. The van der Waals surface area contributed by atoms with Crippen LogP contribution < -0.4 is 5.32 Å². The molecule has 4 rings (SSSR count). The number of amides is 1. The number of rotatable bonds is 7. The van der Waals surface area contributed by atoms with Gasteiger partial charge in [-0.25, -0.2) is 0 Å². The summed E-state index contributed by atoms with van der Waals surface area (Å²) in [4.78, 5) is 14.2. The maximum atomic E-state index is 13.0. The molecule has 1 unspecified atom stereocenters. The number of nitriles is 1. The Morgan fingerprint density at radius 3 is 2.97 bits per heavy atom. The van der Waals surface area contributed by atoms with E-state index in [1.807, 2.05) is 24.5 Å². The summed E-state index contributed by atoms with van der Waals surface area (Å²) >= 11 is 2.88. The van der Waals surface area contributed by atoms with Crippen molar-refractivity contribution in [3.05, 3.63) is 46.7 Å². The van der Waals surface area contributed by atoms with Gasteiger partial charge in [-0.15, -0.1) is 28.1 Å². The number of thiophene rings is 1. The van der Waals surface area contributed by atoms with Crippen molar-refractivity contribution in [1.29, 1.82) is 5.26 Å². The first-order valence-corrected chi connectivity index (χ1v) is 12.3. The summed E-state index contributed by atoms with van der Waals surface area (Å²) in [6.07, 6.45) is 8.70. The molecule has 166 valence electrons. The van der Waals surface area contributed by atoms with Gasteiger partial charge in [0, 0.05) is 11.4 Å². The molecule has 0 spiro atoms. The van der Waals surface area contributed by atoms with Gasteiger partial charge in [-0.1, -0.05) is 24.3 Å². The second-order valence-corrected chi connectivity index (χ2v) is 10.1. The van der Waals surface area contributed by atoms with E-state index in [1.165, 1.54) is 23.1 Å².